The van der Waals surface area contributed by atoms with Crippen molar-refractivity contribution in [3.05, 3.63) is 95.7 Å². The summed E-state index contributed by atoms with van der Waals surface area (Å²) in [5.74, 6) is 0.518. The quantitative estimate of drug-likeness (QED) is 0.540. The lowest BCUT2D eigenvalue weighted by molar-refractivity contribution is 0.0951. The van der Waals surface area contributed by atoms with Crippen molar-refractivity contribution in [1.29, 1.82) is 0 Å². The summed E-state index contributed by atoms with van der Waals surface area (Å²) in [7, 11) is 0. The number of fused-ring (bicyclic) bond motifs is 1. The van der Waals surface area contributed by atoms with Gasteiger partial charge in [-0.25, -0.2) is 4.98 Å². The average Bonchev–Trinajstić information content (AvgIpc) is 2.73. The molecule has 0 aliphatic rings. The van der Waals surface area contributed by atoms with Crippen LogP contribution in [-0.4, -0.2) is 15.9 Å². The Bertz CT molecular complexity index is 1120. The highest BCUT2D eigenvalue weighted by molar-refractivity contribution is 5.95. The molecule has 4 rings (SSSR count). The molecule has 0 saturated carbocycles. The van der Waals surface area contributed by atoms with Gasteiger partial charge in [-0.1, -0.05) is 48.0 Å². The van der Waals surface area contributed by atoms with Gasteiger partial charge in [0.15, 0.2) is 0 Å². The SMILES string of the molecule is Cc1ccc(CNC(=O)c2cccc(Nc3cnc4ccccc4n3)c2)cc1. The normalized spacial score (nSPS) is 10.6. The van der Waals surface area contributed by atoms with E-state index in [1.165, 1.54) is 5.56 Å². The van der Waals surface area contributed by atoms with E-state index in [9.17, 15) is 4.79 Å². The molecule has 28 heavy (non-hydrogen) atoms. The monoisotopic (exact) mass is 368 g/mol. The number of aryl methyl sites for hydroxylation is 1. The minimum atomic E-state index is -0.117. The molecule has 0 aliphatic carbocycles. The van der Waals surface area contributed by atoms with E-state index >= 15 is 0 Å². The third-order valence-electron chi connectivity index (χ3n) is 4.42. The molecule has 0 spiro atoms. The zero-order valence-electron chi connectivity index (χ0n) is 15.5. The van der Waals surface area contributed by atoms with Crippen molar-refractivity contribution in [2.75, 3.05) is 5.32 Å². The van der Waals surface area contributed by atoms with Crippen LogP contribution in [0.2, 0.25) is 0 Å². The topological polar surface area (TPSA) is 66.9 Å². The predicted octanol–water partition coefficient (Wildman–Crippen LogP) is 4.61. The summed E-state index contributed by atoms with van der Waals surface area (Å²) < 4.78 is 0. The maximum Gasteiger partial charge on any atom is 0.251 e. The number of hydrogen-bond acceptors (Lipinski definition) is 4. The third kappa shape index (κ3) is 4.15. The summed E-state index contributed by atoms with van der Waals surface area (Å²) in [5.41, 5.74) is 5.31. The molecule has 4 aromatic rings. The highest BCUT2D eigenvalue weighted by atomic mass is 16.1. The van der Waals surface area contributed by atoms with Gasteiger partial charge in [-0.15, -0.1) is 0 Å². The Kier molecular flexibility index (Phi) is 4.97. The van der Waals surface area contributed by atoms with Crippen molar-refractivity contribution >= 4 is 28.4 Å². The number of nitrogens with zero attached hydrogens (tertiary/aromatic N) is 2. The molecule has 1 aromatic heterocycles. The van der Waals surface area contributed by atoms with Crippen molar-refractivity contribution < 1.29 is 4.79 Å². The van der Waals surface area contributed by atoms with Gasteiger partial charge in [0.25, 0.3) is 5.91 Å². The molecule has 1 amide bonds. The maximum absolute atomic E-state index is 12.5. The van der Waals surface area contributed by atoms with E-state index in [0.29, 0.717) is 17.9 Å². The summed E-state index contributed by atoms with van der Waals surface area (Å²) in [5, 5.41) is 6.17. The van der Waals surface area contributed by atoms with Crippen LogP contribution in [0.5, 0.6) is 0 Å². The first kappa shape index (κ1) is 17.7. The fourth-order valence-electron chi connectivity index (χ4n) is 2.89. The van der Waals surface area contributed by atoms with E-state index < -0.39 is 0 Å². The molecule has 1 heterocycles. The van der Waals surface area contributed by atoms with Crippen LogP contribution in [0, 0.1) is 6.92 Å². The Balaban J connectivity index is 1.45. The first-order chi connectivity index (χ1) is 13.7. The van der Waals surface area contributed by atoms with E-state index in [-0.39, 0.29) is 5.91 Å². The van der Waals surface area contributed by atoms with Crippen LogP contribution in [0.15, 0.2) is 79.0 Å². The number of amides is 1. The molecule has 0 atom stereocenters. The molecule has 138 valence electrons. The number of anilines is 2. The smallest absolute Gasteiger partial charge is 0.251 e. The van der Waals surface area contributed by atoms with Crippen LogP contribution in [0.4, 0.5) is 11.5 Å². The summed E-state index contributed by atoms with van der Waals surface area (Å²) in [4.78, 5) is 21.5. The molecule has 0 aliphatic heterocycles. The molecule has 0 fully saturated rings. The highest BCUT2D eigenvalue weighted by Gasteiger charge is 2.07. The second kappa shape index (κ2) is 7.88. The van der Waals surface area contributed by atoms with Gasteiger partial charge in [-0.05, 0) is 42.8 Å². The van der Waals surface area contributed by atoms with Gasteiger partial charge < -0.3 is 10.6 Å². The van der Waals surface area contributed by atoms with Gasteiger partial charge in [-0.2, -0.15) is 0 Å². The van der Waals surface area contributed by atoms with E-state index in [0.717, 1.165) is 22.3 Å². The number of para-hydroxylation sites is 2. The fourth-order valence-corrected chi connectivity index (χ4v) is 2.89. The molecule has 5 heteroatoms. The minimum Gasteiger partial charge on any atom is -0.348 e. The Hall–Kier alpha value is -3.73. The number of carbonyl (C=O) groups is 1. The molecular weight excluding hydrogens is 348 g/mol. The summed E-state index contributed by atoms with van der Waals surface area (Å²) in [6.07, 6.45) is 1.69. The first-order valence-electron chi connectivity index (χ1n) is 9.10. The number of rotatable bonds is 5. The van der Waals surface area contributed by atoms with Gasteiger partial charge in [0.2, 0.25) is 0 Å². The average molecular weight is 368 g/mol. The summed E-state index contributed by atoms with van der Waals surface area (Å²) >= 11 is 0. The Morgan fingerprint density at radius 1 is 0.929 bits per heavy atom. The van der Waals surface area contributed by atoms with E-state index in [1.807, 2.05) is 67.6 Å². The Labute approximate surface area is 163 Å². The number of carbonyl (C=O) groups excluding carboxylic acids is 1. The second-order valence-electron chi connectivity index (χ2n) is 6.62. The van der Waals surface area contributed by atoms with Crippen molar-refractivity contribution in [2.24, 2.45) is 0 Å². The van der Waals surface area contributed by atoms with Gasteiger partial charge in [0.05, 0.1) is 17.2 Å². The van der Waals surface area contributed by atoms with Crippen LogP contribution in [0.1, 0.15) is 21.5 Å². The predicted molar refractivity (Wildman–Crippen MR) is 112 cm³/mol. The largest absolute Gasteiger partial charge is 0.348 e. The summed E-state index contributed by atoms with van der Waals surface area (Å²) in [6.45, 7) is 2.54. The van der Waals surface area contributed by atoms with E-state index in [2.05, 4.69) is 20.6 Å². The highest BCUT2D eigenvalue weighted by Crippen LogP contribution is 2.18. The first-order valence-corrected chi connectivity index (χ1v) is 9.10. The minimum absolute atomic E-state index is 0.117. The maximum atomic E-state index is 12.5. The number of nitrogens with one attached hydrogen (secondary N) is 2. The van der Waals surface area contributed by atoms with E-state index in [4.69, 9.17) is 0 Å². The van der Waals surface area contributed by atoms with Gasteiger partial charge in [0.1, 0.15) is 5.82 Å². The van der Waals surface area contributed by atoms with Gasteiger partial charge >= 0.3 is 0 Å². The molecule has 0 unspecified atom stereocenters. The lowest BCUT2D eigenvalue weighted by Crippen LogP contribution is -2.22. The standard InChI is InChI=1S/C23H20N4O/c1-16-9-11-17(12-10-16)14-25-23(28)18-5-4-6-19(13-18)26-22-15-24-20-7-2-3-8-21(20)27-22/h2-13,15H,14H2,1H3,(H,25,28)(H,26,27). The number of aromatic nitrogens is 2. The van der Waals surface area contributed by atoms with Crippen molar-refractivity contribution in [3.63, 3.8) is 0 Å². The summed E-state index contributed by atoms with van der Waals surface area (Å²) in [6, 6.07) is 23.2. The van der Waals surface area contributed by atoms with Crippen molar-refractivity contribution in [2.45, 2.75) is 13.5 Å². The fraction of sp³-hybridized carbons (Fsp3) is 0.0870. The lowest BCUT2D eigenvalue weighted by atomic mass is 10.1. The van der Waals surface area contributed by atoms with Gasteiger partial charge in [0, 0.05) is 17.8 Å². The molecule has 2 N–H and O–H groups in total. The van der Waals surface area contributed by atoms with Crippen LogP contribution < -0.4 is 10.6 Å². The Morgan fingerprint density at radius 3 is 2.54 bits per heavy atom. The third-order valence-corrected chi connectivity index (χ3v) is 4.42. The molecule has 0 bridgehead atoms. The van der Waals surface area contributed by atoms with Crippen molar-refractivity contribution in [1.82, 2.24) is 15.3 Å². The van der Waals surface area contributed by atoms with Crippen LogP contribution >= 0.6 is 0 Å². The molecule has 3 aromatic carbocycles. The van der Waals surface area contributed by atoms with Crippen LogP contribution in [-0.2, 0) is 6.54 Å². The van der Waals surface area contributed by atoms with Gasteiger partial charge in [-0.3, -0.25) is 9.78 Å². The number of hydrogen-bond donors (Lipinski definition) is 2. The van der Waals surface area contributed by atoms with Crippen molar-refractivity contribution in [3.8, 4) is 0 Å². The second-order valence-corrected chi connectivity index (χ2v) is 6.62. The lowest BCUT2D eigenvalue weighted by Gasteiger charge is -2.09. The van der Waals surface area contributed by atoms with E-state index in [1.54, 1.807) is 18.3 Å². The zero-order valence-corrected chi connectivity index (χ0v) is 15.5. The Morgan fingerprint density at radius 2 is 1.71 bits per heavy atom. The number of benzene rings is 3. The molecule has 5 nitrogen and oxygen atoms in total. The molecular formula is C23H20N4O. The molecule has 0 radical (unpaired) electrons. The molecule has 0 saturated heterocycles. The van der Waals surface area contributed by atoms with Crippen LogP contribution in [0.25, 0.3) is 11.0 Å². The zero-order chi connectivity index (χ0) is 19.3. The van der Waals surface area contributed by atoms with Crippen LogP contribution in [0.3, 0.4) is 0 Å².